The number of nitrogens with zero attached hydrogens (tertiary/aromatic N) is 1. The van der Waals surface area contributed by atoms with Crippen molar-refractivity contribution in [1.29, 1.82) is 0 Å². The fourth-order valence-corrected chi connectivity index (χ4v) is 6.02. The predicted molar refractivity (Wildman–Crippen MR) is 109 cm³/mol. The third-order valence-corrected chi connectivity index (χ3v) is 7.79. The lowest BCUT2D eigenvalue weighted by Gasteiger charge is -2.16. The van der Waals surface area contributed by atoms with E-state index in [1.165, 1.54) is 6.20 Å². The molecule has 1 amide bonds. The fourth-order valence-electron chi connectivity index (χ4n) is 3.00. The quantitative estimate of drug-likeness (QED) is 0.384. The van der Waals surface area contributed by atoms with Crippen LogP contribution in [0.4, 0.5) is 14.5 Å². The highest BCUT2D eigenvalue weighted by Crippen LogP contribution is 2.44. The van der Waals surface area contributed by atoms with E-state index in [4.69, 9.17) is 17.3 Å². The van der Waals surface area contributed by atoms with Crippen molar-refractivity contribution in [1.82, 2.24) is 4.57 Å². The van der Waals surface area contributed by atoms with Crippen molar-refractivity contribution in [2.45, 2.75) is 61.7 Å². The molecule has 5 nitrogen and oxygen atoms in total. The van der Waals surface area contributed by atoms with Gasteiger partial charge in [0, 0.05) is 31.8 Å². The molecule has 9 heteroatoms. The molecule has 0 aromatic carbocycles. The van der Waals surface area contributed by atoms with Gasteiger partial charge in [-0.2, -0.15) is 10.5 Å². The summed E-state index contributed by atoms with van der Waals surface area (Å²) in [4.78, 5) is 24.4. The molecule has 1 saturated heterocycles. The van der Waals surface area contributed by atoms with E-state index in [9.17, 15) is 18.4 Å². The number of hydrogen-bond donors (Lipinski definition) is 2. The lowest BCUT2D eigenvalue weighted by atomic mass is 10.2. The number of unbranched alkanes of at least 4 members (excludes halogenated alkanes) is 3. The van der Waals surface area contributed by atoms with Crippen LogP contribution in [-0.2, 0) is 11.3 Å². The minimum absolute atomic E-state index is 0.0400. The molecule has 4 unspecified atom stereocenters. The van der Waals surface area contributed by atoms with Gasteiger partial charge in [0.25, 0.3) is 5.56 Å². The van der Waals surface area contributed by atoms with Crippen LogP contribution in [0, 0.1) is 5.82 Å². The second kappa shape index (κ2) is 10.3. The summed E-state index contributed by atoms with van der Waals surface area (Å²) in [5, 5.41) is 3.98. The molecule has 1 aliphatic heterocycles. The van der Waals surface area contributed by atoms with Gasteiger partial charge in [0.2, 0.25) is 5.91 Å². The predicted octanol–water partition coefficient (Wildman–Crippen LogP) is 3.21. The van der Waals surface area contributed by atoms with E-state index in [0.717, 1.165) is 36.3 Å². The molecule has 0 bridgehead atoms. The van der Waals surface area contributed by atoms with Crippen molar-refractivity contribution in [3.8, 4) is 0 Å². The highest BCUT2D eigenvalue weighted by Gasteiger charge is 2.40. The molecule has 2 rings (SSSR count). The second-order valence-electron chi connectivity index (χ2n) is 6.52. The highest BCUT2D eigenvalue weighted by molar-refractivity contribution is 8.17. The largest absolute Gasteiger partial charge is 0.329 e. The van der Waals surface area contributed by atoms with Gasteiger partial charge in [-0.25, -0.2) is 8.78 Å². The maximum Gasteiger partial charge on any atom is 0.286 e. The van der Waals surface area contributed by atoms with Gasteiger partial charge in [-0.05, 0) is 12.8 Å². The number of anilines is 1. The summed E-state index contributed by atoms with van der Waals surface area (Å²) in [6.45, 7) is 2.39. The van der Waals surface area contributed by atoms with Gasteiger partial charge < -0.3 is 15.6 Å². The Hall–Kier alpha value is -1.25. The molecular weight excluding hydrogens is 396 g/mol. The molecular formula is C18H26ClF2N3O2S. The van der Waals surface area contributed by atoms with Gasteiger partial charge in [0.1, 0.15) is 10.9 Å². The van der Waals surface area contributed by atoms with Crippen LogP contribution in [0.25, 0.3) is 0 Å². The minimum Gasteiger partial charge on any atom is -0.329 e. The Morgan fingerprint density at radius 2 is 2.26 bits per heavy atom. The Kier molecular flexibility index (Phi) is 8.44. The van der Waals surface area contributed by atoms with Crippen LogP contribution in [0.1, 0.15) is 39.0 Å². The zero-order chi connectivity index (χ0) is 20.0. The topological polar surface area (TPSA) is 77.1 Å². The van der Waals surface area contributed by atoms with Crippen molar-refractivity contribution < 1.29 is 13.6 Å². The summed E-state index contributed by atoms with van der Waals surface area (Å²) in [6, 6.07) is 0.969. The molecule has 4 atom stereocenters. The molecule has 0 spiro atoms. The first-order chi connectivity index (χ1) is 12.9. The Morgan fingerprint density at radius 3 is 2.93 bits per heavy atom. The minimum atomic E-state index is -1.25. The number of nitrogens with one attached hydrogen (secondary N) is 1. The summed E-state index contributed by atoms with van der Waals surface area (Å²) in [7, 11) is -0.695. The molecule has 0 aliphatic carbocycles. The number of alkyl halides is 2. The molecule has 0 radical (unpaired) electrons. The molecule has 0 saturated carbocycles. The first kappa shape index (κ1) is 22.0. The number of rotatable bonds is 8. The summed E-state index contributed by atoms with van der Waals surface area (Å²) in [6.07, 6.45) is 4.04. The van der Waals surface area contributed by atoms with Crippen molar-refractivity contribution in [2.24, 2.45) is 5.73 Å². The maximum absolute atomic E-state index is 14.1. The van der Waals surface area contributed by atoms with Gasteiger partial charge in [0.05, 0.1) is 10.9 Å². The van der Waals surface area contributed by atoms with Crippen molar-refractivity contribution in [2.75, 3.05) is 11.9 Å². The van der Waals surface area contributed by atoms with Crippen LogP contribution in [-0.4, -0.2) is 38.5 Å². The molecule has 1 fully saturated rings. The summed E-state index contributed by atoms with van der Waals surface area (Å²) >= 11 is 6.20. The first-order valence-electron chi connectivity index (χ1n) is 9.12. The monoisotopic (exact) mass is 421 g/mol. The highest BCUT2D eigenvalue weighted by atomic mass is 35.5. The Balaban J connectivity index is 2.17. The van der Waals surface area contributed by atoms with Gasteiger partial charge in [0.15, 0.2) is 5.82 Å². The number of aromatic nitrogens is 1. The average molecular weight is 422 g/mol. The Bertz CT molecular complexity index is 757. The maximum atomic E-state index is 14.1. The Labute approximate surface area is 165 Å². The molecule has 1 aromatic rings. The smallest absolute Gasteiger partial charge is 0.286 e. The zero-order valence-corrected chi connectivity index (χ0v) is 16.9. The number of nitrogens with two attached hydrogens (primary N) is 1. The van der Waals surface area contributed by atoms with Crippen LogP contribution in [0.2, 0.25) is 0 Å². The molecule has 2 heterocycles. The van der Waals surface area contributed by atoms with Crippen molar-refractivity contribution in [3.63, 3.8) is 0 Å². The number of carbonyl (C=O) groups excluding carboxylic acids is 1. The number of hydrogen-bond acceptors (Lipinski definition) is 3. The average Bonchev–Trinajstić information content (AvgIpc) is 2.91. The van der Waals surface area contributed by atoms with Crippen molar-refractivity contribution >= 4 is 39.0 Å². The zero-order valence-electron chi connectivity index (χ0n) is 15.3. The van der Waals surface area contributed by atoms with E-state index in [1.54, 1.807) is 0 Å². The standard InChI is InChI=1S/C18H26ClF2N3O2S/c1-2-3-4-5-8-27-15(10-13(20)16(27)19)17(25)23-12-9-14(21)18(26)24(11-12)7-6-22/h8-9,11,13,15-16H,2-7,10,22H2,1H3,(H,23,25). The van der Waals surface area contributed by atoms with Crippen molar-refractivity contribution in [3.05, 3.63) is 28.4 Å². The third kappa shape index (κ3) is 5.62. The second-order valence-corrected chi connectivity index (χ2v) is 9.47. The SMILES string of the molecule is CCCCC/C=S1/C(C(=O)Nc2cc(F)c(=O)n(CCN)c2)CC(F)C1Cl. The van der Waals surface area contributed by atoms with Crippen LogP contribution < -0.4 is 16.6 Å². The van der Waals surface area contributed by atoms with Crippen LogP contribution >= 0.6 is 22.1 Å². The van der Waals surface area contributed by atoms with E-state index in [-0.39, 0.29) is 25.2 Å². The number of halogens is 3. The lowest BCUT2D eigenvalue weighted by Crippen LogP contribution is -2.29. The third-order valence-electron chi connectivity index (χ3n) is 4.40. The van der Waals surface area contributed by atoms with Crippen LogP contribution in [0.15, 0.2) is 17.1 Å². The fraction of sp³-hybridized carbons (Fsp3) is 0.611. The van der Waals surface area contributed by atoms with E-state index in [2.05, 4.69) is 12.2 Å². The van der Waals surface area contributed by atoms with Gasteiger partial charge >= 0.3 is 0 Å². The molecule has 27 heavy (non-hydrogen) atoms. The molecule has 1 aliphatic rings. The number of pyridine rings is 1. The summed E-state index contributed by atoms with van der Waals surface area (Å²) in [5.74, 6) is -1.38. The normalized spacial score (nSPS) is 25.1. The first-order valence-corrected chi connectivity index (χ1v) is 11.0. The van der Waals surface area contributed by atoms with Gasteiger partial charge in [-0.3, -0.25) is 9.59 Å². The summed E-state index contributed by atoms with van der Waals surface area (Å²) < 4.78 is 28.3. The Morgan fingerprint density at radius 1 is 1.52 bits per heavy atom. The summed E-state index contributed by atoms with van der Waals surface area (Å²) in [5.41, 5.74) is 4.77. The van der Waals surface area contributed by atoms with E-state index >= 15 is 0 Å². The molecule has 152 valence electrons. The molecule has 3 N–H and O–H groups in total. The number of carbonyl (C=O) groups is 1. The van der Waals surface area contributed by atoms with E-state index in [1.807, 2.05) is 5.37 Å². The molecule has 1 aromatic heterocycles. The van der Waals surface area contributed by atoms with E-state index in [0.29, 0.717) is 0 Å². The van der Waals surface area contributed by atoms with Gasteiger partial charge in [-0.1, -0.05) is 25.1 Å². The van der Waals surface area contributed by atoms with Crippen LogP contribution in [0.5, 0.6) is 0 Å². The lowest BCUT2D eigenvalue weighted by molar-refractivity contribution is -0.115. The number of amides is 1. The van der Waals surface area contributed by atoms with E-state index < -0.39 is 43.9 Å². The van der Waals surface area contributed by atoms with Gasteiger partial charge in [-0.15, -0.1) is 11.6 Å². The van der Waals surface area contributed by atoms with Crippen LogP contribution in [0.3, 0.4) is 0 Å².